The number of fused-ring (bicyclic) bond motifs is 1. The Kier molecular flexibility index (Phi) is 4.86. The SMILES string of the molecule is Cn1ccnc1Cn1c(CCl)nc2ccc(C(O)OC(C)(C)C)cc21. The minimum absolute atomic E-state index is 0.301. The van der Waals surface area contributed by atoms with Crippen LogP contribution >= 0.6 is 11.6 Å². The van der Waals surface area contributed by atoms with E-state index in [4.69, 9.17) is 16.3 Å². The summed E-state index contributed by atoms with van der Waals surface area (Å²) >= 11 is 6.09. The minimum atomic E-state index is -1.000. The second kappa shape index (κ2) is 6.78. The second-order valence-electron chi connectivity index (χ2n) is 7.03. The fraction of sp³-hybridized carbons (Fsp3) is 0.444. The van der Waals surface area contributed by atoms with Gasteiger partial charge in [-0.3, -0.25) is 0 Å². The lowest BCUT2D eigenvalue weighted by Crippen LogP contribution is -2.22. The Hall–Kier alpha value is -1.89. The molecule has 1 atom stereocenters. The number of aliphatic hydroxyl groups excluding tert-OH is 1. The van der Waals surface area contributed by atoms with E-state index in [1.165, 1.54) is 0 Å². The maximum absolute atomic E-state index is 10.4. The van der Waals surface area contributed by atoms with E-state index in [0.29, 0.717) is 18.0 Å². The average molecular weight is 363 g/mol. The zero-order valence-corrected chi connectivity index (χ0v) is 15.7. The van der Waals surface area contributed by atoms with Gasteiger partial charge in [-0.1, -0.05) is 6.07 Å². The molecule has 0 spiro atoms. The summed E-state index contributed by atoms with van der Waals surface area (Å²) in [5.74, 6) is 1.97. The molecule has 134 valence electrons. The summed E-state index contributed by atoms with van der Waals surface area (Å²) in [6.45, 7) is 6.28. The van der Waals surface area contributed by atoms with E-state index in [9.17, 15) is 5.11 Å². The van der Waals surface area contributed by atoms with Crippen LogP contribution in [0.1, 0.15) is 44.3 Å². The van der Waals surface area contributed by atoms with Crippen molar-refractivity contribution in [2.75, 3.05) is 0 Å². The van der Waals surface area contributed by atoms with Crippen molar-refractivity contribution in [2.45, 2.75) is 45.1 Å². The molecule has 3 rings (SSSR count). The van der Waals surface area contributed by atoms with E-state index in [1.807, 2.05) is 61.3 Å². The molecule has 2 heterocycles. The van der Waals surface area contributed by atoms with Gasteiger partial charge < -0.3 is 19.0 Å². The third-order valence-corrected chi connectivity index (χ3v) is 4.18. The van der Waals surface area contributed by atoms with Crippen molar-refractivity contribution in [3.8, 4) is 0 Å². The number of aromatic nitrogens is 4. The molecule has 1 N–H and O–H groups in total. The molecule has 0 radical (unpaired) electrons. The molecule has 0 bridgehead atoms. The highest BCUT2D eigenvalue weighted by Crippen LogP contribution is 2.26. The van der Waals surface area contributed by atoms with E-state index in [-0.39, 0.29) is 0 Å². The molecule has 0 saturated carbocycles. The Morgan fingerprint density at radius 2 is 2.04 bits per heavy atom. The van der Waals surface area contributed by atoms with Crippen molar-refractivity contribution in [3.63, 3.8) is 0 Å². The number of ether oxygens (including phenoxy) is 1. The summed E-state index contributed by atoms with van der Waals surface area (Å²) in [6, 6.07) is 5.61. The maximum atomic E-state index is 10.4. The van der Waals surface area contributed by atoms with Gasteiger partial charge in [-0.25, -0.2) is 9.97 Å². The van der Waals surface area contributed by atoms with Crippen molar-refractivity contribution in [1.82, 2.24) is 19.1 Å². The molecular weight excluding hydrogens is 340 g/mol. The summed E-state index contributed by atoms with van der Waals surface area (Å²) < 4.78 is 9.64. The van der Waals surface area contributed by atoms with Gasteiger partial charge in [0.15, 0.2) is 6.29 Å². The lowest BCUT2D eigenvalue weighted by Gasteiger charge is -2.24. The first kappa shape index (κ1) is 17.9. The molecule has 1 unspecified atom stereocenters. The fourth-order valence-corrected chi connectivity index (χ4v) is 2.92. The van der Waals surface area contributed by atoms with Crippen LogP contribution in [0.15, 0.2) is 30.6 Å². The van der Waals surface area contributed by atoms with Crippen LogP contribution in [-0.4, -0.2) is 29.8 Å². The van der Waals surface area contributed by atoms with E-state index in [1.54, 1.807) is 6.20 Å². The van der Waals surface area contributed by atoms with Gasteiger partial charge in [0.2, 0.25) is 0 Å². The molecule has 7 heteroatoms. The highest BCUT2D eigenvalue weighted by molar-refractivity contribution is 6.16. The molecule has 2 aromatic heterocycles. The topological polar surface area (TPSA) is 65.1 Å². The number of nitrogens with zero attached hydrogens (tertiary/aromatic N) is 4. The van der Waals surface area contributed by atoms with E-state index in [0.717, 1.165) is 22.7 Å². The van der Waals surface area contributed by atoms with Gasteiger partial charge in [-0.2, -0.15) is 0 Å². The lowest BCUT2D eigenvalue weighted by molar-refractivity contribution is -0.169. The second-order valence-corrected chi connectivity index (χ2v) is 7.30. The normalized spacial score (nSPS) is 13.5. The fourth-order valence-electron chi connectivity index (χ4n) is 2.71. The number of aryl methyl sites for hydroxylation is 1. The first-order valence-electron chi connectivity index (χ1n) is 8.15. The maximum Gasteiger partial charge on any atom is 0.181 e. The van der Waals surface area contributed by atoms with Crippen LogP contribution in [0.25, 0.3) is 11.0 Å². The summed E-state index contributed by atoms with van der Waals surface area (Å²) in [7, 11) is 1.95. The zero-order chi connectivity index (χ0) is 18.2. The Morgan fingerprint density at radius 1 is 1.28 bits per heavy atom. The van der Waals surface area contributed by atoms with Crippen LogP contribution in [0.5, 0.6) is 0 Å². The predicted octanol–water partition coefficient (Wildman–Crippen LogP) is 3.36. The van der Waals surface area contributed by atoms with Crippen LogP contribution in [0.2, 0.25) is 0 Å². The summed E-state index contributed by atoms with van der Waals surface area (Å²) in [6.07, 6.45) is 2.67. The molecule has 0 fully saturated rings. The lowest BCUT2D eigenvalue weighted by atomic mass is 10.1. The molecule has 25 heavy (non-hydrogen) atoms. The summed E-state index contributed by atoms with van der Waals surface area (Å²) in [5.41, 5.74) is 1.97. The van der Waals surface area contributed by atoms with Crippen LogP contribution in [0.4, 0.5) is 0 Å². The first-order chi connectivity index (χ1) is 11.8. The zero-order valence-electron chi connectivity index (χ0n) is 14.9. The van der Waals surface area contributed by atoms with Crippen molar-refractivity contribution < 1.29 is 9.84 Å². The number of hydrogen-bond donors (Lipinski definition) is 1. The standard InChI is InChI=1S/C18H23ClN4O2/c1-18(2,3)25-17(24)12-5-6-13-14(9-12)23(15(10-19)21-13)11-16-20-7-8-22(16)4/h5-9,17,24H,10-11H2,1-4H3. The van der Waals surface area contributed by atoms with Gasteiger partial charge >= 0.3 is 0 Å². The van der Waals surface area contributed by atoms with Crippen molar-refractivity contribution in [1.29, 1.82) is 0 Å². The molecule has 0 aliphatic heterocycles. The van der Waals surface area contributed by atoms with Gasteiger partial charge in [0.05, 0.1) is 29.1 Å². The number of imidazole rings is 2. The van der Waals surface area contributed by atoms with Crippen LogP contribution in [0, 0.1) is 0 Å². The molecule has 0 aliphatic rings. The monoisotopic (exact) mass is 362 g/mol. The number of hydrogen-bond acceptors (Lipinski definition) is 4. The molecular formula is C18H23ClN4O2. The molecule has 0 aliphatic carbocycles. The van der Waals surface area contributed by atoms with E-state index < -0.39 is 11.9 Å². The third kappa shape index (κ3) is 3.86. The number of halogens is 1. The molecule has 1 aromatic carbocycles. The number of rotatable bonds is 5. The smallest absolute Gasteiger partial charge is 0.181 e. The third-order valence-electron chi connectivity index (χ3n) is 3.94. The Labute approximate surface area is 152 Å². The number of benzene rings is 1. The van der Waals surface area contributed by atoms with Crippen molar-refractivity contribution in [3.05, 3.63) is 47.8 Å². The molecule has 0 saturated heterocycles. The van der Waals surface area contributed by atoms with E-state index in [2.05, 4.69) is 9.97 Å². The quantitative estimate of drug-likeness (QED) is 0.558. The van der Waals surface area contributed by atoms with Crippen molar-refractivity contribution in [2.24, 2.45) is 7.05 Å². The van der Waals surface area contributed by atoms with Gasteiger partial charge in [-0.05, 0) is 32.9 Å². The van der Waals surface area contributed by atoms with Gasteiger partial charge in [0.25, 0.3) is 0 Å². The highest BCUT2D eigenvalue weighted by atomic mass is 35.5. The number of aliphatic hydroxyl groups is 1. The highest BCUT2D eigenvalue weighted by Gasteiger charge is 2.20. The Balaban J connectivity index is 2.02. The van der Waals surface area contributed by atoms with Crippen LogP contribution in [0.3, 0.4) is 0 Å². The minimum Gasteiger partial charge on any atom is -0.364 e. The molecule has 0 amide bonds. The molecule has 6 nitrogen and oxygen atoms in total. The largest absolute Gasteiger partial charge is 0.364 e. The average Bonchev–Trinajstić information content (AvgIpc) is 3.09. The van der Waals surface area contributed by atoms with Gasteiger partial charge in [0, 0.05) is 25.0 Å². The first-order valence-corrected chi connectivity index (χ1v) is 8.69. The van der Waals surface area contributed by atoms with Crippen molar-refractivity contribution >= 4 is 22.6 Å². The molecule has 3 aromatic rings. The van der Waals surface area contributed by atoms with Gasteiger partial charge in [0.1, 0.15) is 11.6 Å². The Bertz CT molecular complexity index is 879. The number of alkyl halides is 1. The van der Waals surface area contributed by atoms with Gasteiger partial charge in [-0.15, -0.1) is 11.6 Å². The van der Waals surface area contributed by atoms with Crippen LogP contribution < -0.4 is 0 Å². The van der Waals surface area contributed by atoms with E-state index >= 15 is 0 Å². The Morgan fingerprint density at radius 3 is 2.64 bits per heavy atom. The summed E-state index contributed by atoms with van der Waals surface area (Å²) in [5, 5.41) is 10.4. The summed E-state index contributed by atoms with van der Waals surface area (Å²) in [4.78, 5) is 8.96. The predicted molar refractivity (Wildman–Crippen MR) is 97.4 cm³/mol. The van der Waals surface area contributed by atoms with Crippen LogP contribution in [-0.2, 0) is 24.2 Å².